The highest BCUT2D eigenvalue weighted by Crippen LogP contribution is 2.37. The maximum atomic E-state index is 14.0. The molecular weight excluding hydrogens is 1810 g/mol. The summed E-state index contributed by atoms with van der Waals surface area (Å²) in [7, 11) is -16.5. The molecule has 7 fully saturated rings. The van der Waals surface area contributed by atoms with Crippen LogP contribution in [0.4, 0.5) is 39.2 Å². The van der Waals surface area contributed by atoms with E-state index >= 15 is 0 Å². The van der Waals surface area contributed by atoms with E-state index in [9.17, 15) is 46.5 Å². The Hall–Kier alpha value is -10.8. The van der Waals surface area contributed by atoms with Gasteiger partial charge in [0.05, 0.1) is 60.7 Å². The lowest BCUT2D eigenvalue weighted by Crippen LogP contribution is -2.43. The summed E-state index contributed by atoms with van der Waals surface area (Å²) in [5, 5.41) is 4.45. The fourth-order valence-electron chi connectivity index (χ4n) is 18.8. The molecule has 2 saturated carbocycles. The van der Waals surface area contributed by atoms with Crippen molar-refractivity contribution in [3.05, 3.63) is 216 Å². The standard InChI is InChI=1S/C22H26N4O2S.C21H30N4O2S.C21H24N4O2S.C18H24N4O2S.C16H18FN5O2S/c1-16-5-8-19(9-6-16)29(27,28)25-13-18-4-3-11-26(14-18)22-20-12-17(2)7-10-21(20)23-15-24-22;2*1-16-9-10-20-19(12-16)21(23-15-22-20)25-11-5-6-17(14-25)13-24-28(26,27)18-7-3-2-4-8-18;1-13-4-7-17-16(9-13)18(20-12-19-17)22-8-2-3-14(11-22)10-21-25(23,24)15-5-6-15;1-18-15-7-14-12(6-13(15)17)16(20-10-19-14)22-5-3-4-11(9-22)8-21-25(2,23)24/h5-10,12,15,18,25H,3-4,11,13-14H2,1-2H3;9-10,12,15,17-18,24H,2-8,11,13-14H2,1H3;2-4,7-10,12,15,17,24H,5-6,11,13-14H2,1H3;4,7,9,12,14-15,21H,2-3,5-6,8,10-11H2,1H3;6-7,10-11,21H,3-5,8-9H2,2H3. The molecule has 0 amide bonds. The van der Waals surface area contributed by atoms with Gasteiger partial charge in [0.1, 0.15) is 66.5 Å². The third-order valence-corrected chi connectivity index (χ3v) is 33.6. The van der Waals surface area contributed by atoms with Crippen molar-refractivity contribution < 1.29 is 46.5 Å². The fraction of sp³-hybridized carbons (Fsp3) is 0.459. The molecule has 716 valence electrons. The zero-order valence-corrected chi connectivity index (χ0v) is 81.6. The van der Waals surface area contributed by atoms with E-state index < -0.39 is 55.9 Å². The maximum absolute atomic E-state index is 14.0. The van der Waals surface area contributed by atoms with E-state index in [0.717, 1.165) is 247 Å². The first kappa shape index (κ1) is 98.7. The molecule has 12 aromatic rings. The minimum atomic E-state index is -3.49. The van der Waals surface area contributed by atoms with Gasteiger partial charge in [-0.05, 0) is 239 Å². The summed E-state index contributed by atoms with van der Waals surface area (Å²) in [6, 6.07) is 43.0. The quantitative estimate of drug-likeness (QED) is 0.0351. The number of hydrogen-bond donors (Lipinski definition) is 5. The van der Waals surface area contributed by atoms with Crippen LogP contribution < -0.4 is 48.1 Å². The Kier molecular flexibility index (Phi) is 32.6. The fourth-order valence-corrected chi connectivity index (χ4v) is 24.7. The number of aryl methyl sites for hydroxylation is 5. The van der Waals surface area contributed by atoms with Crippen LogP contribution in [0, 0.1) is 76.6 Å². The van der Waals surface area contributed by atoms with Gasteiger partial charge in [-0.2, -0.15) is 0 Å². The minimum Gasteiger partial charge on any atom is -0.356 e. The largest absolute Gasteiger partial charge is 0.356 e. The van der Waals surface area contributed by atoms with Crippen LogP contribution in [0.3, 0.4) is 0 Å². The van der Waals surface area contributed by atoms with Crippen LogP contribution in [0.1, 0.15) is 137 Å². The molecule has 5 aromatic heterocycles. The Labute approximate surface area is 792 Å². The normalized spacial score (nSPS) is 19.4. The lowest BCUT2D eigenvalue weighted by atomic mass is 9.98. The maximum Gasteiger partial charge on any atom is 0.240 e. The van der Waals surface area contributed by atoms with Gasteiger partial charge in [0, 0.05) is 125 Å². The molecule has 7 aromatic carbocycles. The average Bonchev–Trinajstić information content (AvgIpc) is 1.66. The van der Waals surface area contributed by atoms with Gasteiger partial charge < -0.3 is 24.5 Å². The van der Waals surface area contributed by atoms with E-state index in [0.29, 0.717) is 77.6 Å². The first-order valence-corrected chi connectivity index (χ1v) is 54.8. The molecule has 0 radical (unpaired) electrons. The van der Waals surface area contributed by atoms with Crippen molar-refractivity contribution in [3.8, 4) is 0 Å². The summed E-state index contributed by atoms with van der Waals surface area (Å²) in [5.74, 6) is 5.07. The van der Waals surface area contributed by atoms with E-state index in [4.69, 9.17) is 6.57 Å². The van der Waals surface area contributed by atoms with Crippen molar-refractivity contribution in [2.24, 2.45) is 29.6 Å². The molecule has 5 N–H and O–H groups in total. The third kappa shape index (κ3) is 26.3. The van der Waals surface area contributed by atoms with Crippen molar-refractivity contribution in [1.29, 1.82) is 0 Å². The second-order valence-corrected chi connectivity index (χ2v) is 46.4. The van der Waals surface area contributed by atoms with E-state index in [1.165, 1.54) is 40.7 Å². The average molecular weight is 1930 g/mol. The molecule has 135 heavy (non-hydrogen) atoms. The number of benzene rings is 7. The van der Waals surface area contributed by atoms with Crippen LogP contribution in [0.25, 0.3) is 59.4 Å². The zero-order chi connectivity index (χ0) is 95.0. The first-order valence-electron chi connectivity index (χ1n) is 46.8. The summed E-state index contributed by atoms with van der Waals surface area (Å²) < 4.78 is 150. The smallest absolute Gasteiger partial charge is 0.240 e. The van der Waals surface area contributed by atoms with Crippen LogP contribution in [0.15, 0.2) is 181 Å². The van der Waals surface area contributed by atoms with Crippen molar-refractivity contribution in [3.63, 3.8) is 0 Å². The number of fused-ring (bicyclic) bond motifs is 5. The number of piperidine rings is 5. The van der Waals surface area contributed by atoms with Gasteiger partial charge in [-0.15, -0.1) is 0 Å². The molecular formula is C98H122FN21O10S5. The van der Waals surface area contributed by atoms with Crippen molar-refractivity contribution in [2.45, 2.75) is 164 Å². The summed E-state index contributed by atoms with van der Waals surface area (Å²) in [5.41, 5.74) is 10.00. The molecule has 7 aliphatic rings. The Bertz CT molecular complexity index is 6810. The summed E-state index contributed by atoms with van der Waals surface area (Å²) in [4.78, 5) is 59.0. The Morgan fingerprint density at radius 2 is 0.622 bits per heavy atom. The van der Waals surface area contributed by atoms with Gasteiger partial charge >= 0.3 is 0 Å². The molecule has 19 rings (SSSR count). The lowest BCUT2D eigenvalue weighted by molar-refractivity contribution is 0.406. The van der Waals surface area contributed by atoms with E-state index in [1.807, 2.05) is 54.3 Å². The van der Waals surface area contributed by atoms with Crippen LogP contribution in [0.5, 0.6) is 0 Å². The number of sulfonamides is 5. The topological polar surface area (TPSA) is 380 Å². The molecule has 0 spiro atoms. The number of rotatable bonds is 24. The van der Waals surface area contributed by atoms with Gasteiger partial charge in [-0.1, -0.05) is 102 Å². The number of nitrogens with one attached hydrogen (secondary N) is 5. The number of hydrogen-bond acceptors (Lipinski definition) is 25. The Morgan fingerprint density at radius 3 is 0.948 bits per heavy atom. The molecule has 31 nitrogen and oxygen atoms in total. The zero-order valence-electron chi connectivity index (χ0n) is 77.5. The SMILES string of the molecule is Cc1ccc(S(=O)(=O)NCC2CCCN(c3ncnc4ccc(C)cc34)C2)cc1.Cc1ccc2ncnc(N3CCCC(CNS(=O)(=O)C4CC4)C3)c2c1.Cc1ccc2ncnc(N3CCCC(CNS(=O)(=O)C4CCCCC4)C3)c2c1.Cc1ccc2ncnc(N3CCCC(CNS(=O)(=O)c4ccccc4)C3)c2c1.[C-]#[N+]c1cc2ncnc(N3CCCC(CNS(C)(=O)=O)C3)c2cc1F. The van der Waals surface area contributed by atoms with Crippen LogP contribution >= 0.6 is 0 Å². The van der Waals surface area contributed by atoms with E-state index in [2.05, 4.69) is 174 Å². The highest BCUT2D eigenvalue weighted by Gasteiger charge is 2.37. The molecule has 5 atom stereocenters. The van der Waals surface area contributed by atoms with Crippen LogP contribution in [-0.2, 0) is 50.1 Å². The van der Waals surface area contributed by atoms with E-state index in [1.54, 1.807) is 61.7 Å². The summed E-state index contributed by atoms with van der Waals surface area (Å²) in [6.45, 7) is 27.8. The number of anilines is 5. The van der Waals surface area contributed by atoms with Crippen molar-refractivity contribution >= 4 is 139 Å². The van der Waals surface area contributed by atoms with E-state index in [-0.39, 0.29) is 33.9 Å². The Balaban J connectivity index is 0.000000129. The minimum absolute atomic E-state index is 0.0639. The Morgan fingerprint density at radius 1 is 0.326 bits per heavy atom. The third-order valence-electron chi connectivity index (χ3n) is 26.2. The second kappa shape index (κ2) is 44.6. The predicted octanol–water partition coefficient (Wildman–Crippen LogP) is 14.3. The van der Waals surface area contributed by atoms with Crippen LogP contribution in [-0.4, -0.2) is 207 Å². The monoisotopic (exact) mass is 1930 g/mol. The van der Waals surface area contributed by atoms with Crippen LogP contribution in [0.2, 0.25) is 0 Å². The molecule has 5 unspecified atom stereocenters. The number of aromatic nitrogens is 10. The highest BCUT2D eigenvalue weighted by molar-refractivity contribution is 7.91. The molecule has 0 bridgehead atoms. The second-order valence-electron chi connectivity index (χ2n) is 37.0. The molecule has 5 saturated heterocycles. The van der Waals surface area contributed by atoms with Gasteiger partial charge in [-0.3, -0.25) is 0 Å². The van der Waals surface area contributed by atoms with Gasteiger partial charge in [0.25, 0.3) is 0 Å². The molecule has 2 aliphatic carbocycles. The summed E-state index contributed by atoms with van der Waals surface area (Å²) >= 11 is 0. The van der Waals surface area contributed by atoms with Crippen molar-refractivity contribution in [2.75, 3.05) is 129 Å². The predicted molar refractivity (Wildman–Crippen MR) is 532 cm³/mol. The molecule has 10 heterocycles. The summed E-state index contributed by atoms with van der Waals surface area (Å²) in [6.07, 6.45) is 25.5. The number of nitrogens with zero attached hydrogens (tertiary/aromatic N) is 16. The first-order chi connectivity index (χ1) is 64.9. The van der Waals surface area contributed by atoms with Crippen molar-refractivity contribution in [1.82, 2.24) is 73.5 Å². The van der Waals surface area contributed by atoms with Gasteiger partial charge in [0.15, 0.2) is 0 Å². The number of halogens is 1. The highest BCUT2D eigenvalue weighted by atomic mass is 32.2. The molecule has 37 heteroatoms. The lowest BCUT2D eigenvalue weighted by Gasteiger charge is -2.34. The van der Waals surface area contributed by atoms with Gasteiger partial charge in [0.2, 0.25) is 55.8 Å². The van der Waals surface area contributed by atoms with Gasteiger partial charge in [-0.25, -0.2) is 125 Å². The molecule has 5 aliphatic heterocycles.